The van der Waals surface area contributed by atoms with Crippen LogP contribution in [-0.2, 0) is 11.3 Å². The van der Waals surface area contributed by atoms with Crippen LogP contribution in [0.2, 0.25) is 0 Å². The molecule has 5 rings (SSSR count). The lowest BCUT2D eigenvalue weighted by Crippen LogP contribution is -2.57. The predicted molar refractivity (Wildman–Crippen MR) is 106 cm³/mol. The summed E-state index contributed by atoms with van der Waals surface area (Å²) in [5.41, 5.74) is 1.80. The Kier molecular flexibility index (Phi) is 4.92. The average molecular weight is 398 g/mol. The first-order valence-corrected chi connectivity index (χ1v) is 10.5. The molecule has 0 N–H and O–H groups in total. The second kappa shape index (κ2) is 7.58. The topological polar surface area (TPSA) is 43.8 Å². The van der Waals surface area contributed by atoms with Gasteiger partial charge in [-0.05, 0) is 31.0 Å². The van der Waals surface area contributed by atoms with Gasteiger partial charge in [-0.2, -0.15) is 0 Å². The molecule has 29 heavy (non-hydrogen) atoms. The molecule has 0 amide bonds. The standard InChI is InChI=1S/C23H27FN2O3/c1-27-20-6-2-4-18-21-19(5-3-13-28-21)23(29-22(18)20)9-11-26(12-10-23)15-17-8-7-16(24)14-25-17/h2,4,6-8,14,19,21H,3,5,9-13,15H2,1H3/t19-,21+/m0/s1. The number of hydrogen-bond acceptors (Lipinski definition) is 5. The first-order valence-electron chi connectivity index (χ1n) is 10.5. The maximum absolute atomic E-state index is 13.1. The van der Waals surface area contributed by atoms with Crippen LogP contribution in [0.3, 0.4) is 0 Å². The summed E-state index contributed by atoms with van der Waals surface area (Å²) >= 11 is 0. The molecule has 4 heterocycles. The minimum absolute atomic E-state index is 0.0768. The van der Waals surface area contributed by atoms with Crippen LogP contribution < -0.4 is 9.47 Å². The molecule has 3 aliphatic rings. The van der Waals surface area contributed by atoms with Crippen LogP contribution in [0.1, 0.15) is 43.0 Å². The molecule has 0 saturated carbocycles. The fraction of sp³-hybridized carbons (Fsp3) is 0.522. The van der Waals surface area contributed by atoms with E-state index in [1.54, 1.807) is 13.2 Å². The van der Waals surface area contributed by atoms with E-state index >= 15 is 0 Å². The van der Waals surface area contributed by atoms with E-state index in [1.165, 1.54) is 12.3 Å². The van der Waals surface area contributed by atoms with Gasteiger partial charge in [0, 0.05) is 50.6 Å². The van der Waals surface area contributed by atoms with Crippen LogP contribution in [0, 0.1) is 11.7 Å². The minimum atomic E-state index is -0.294. The van der Waals surface area contributed by atoms with Gasteiger partial charge in [0.05, 0.1) is 25.1 Å². The van der Waals surface area contributed by atoms with E-state index in [0.717, 1.165) is 74.7 Å². The largest absolute Gasteiger partial charge is 0.493 e. The van der Waals surface area contributed by atoms with Crippen molar-refractivity contribution in [1.29, 1.82) is 0 Å². The van der Waals surface area contributed by atoms with E-state index in [2.05, 4.69) is 16.0 Å². The van der Waals surface area contributed by atoms with Gasteiger partial charge in [0.25, 0.3) is 0 Å². The van der Waals surface area contributed by atoms with E-state index in [0.29, 0.717) is 5.92 Å². The summed E-state index contributed by atoms with van der Waals surface area (Å²) in [6.07, 6.45) is 5.45. The van der Waals surface area contributed by atoms with Crippen molar-refractivity contribution in [2.45, 2.75) is 43.9 Å². The fourth-order valence-electron chi connectivity index (χ4n) is 5.22. The number of rotatable bonds is 3. The Labute approximate surface area is 170 Å². The van der Waals surface area contributed by atoms with Gasteiger partial charge < -0.3 is 14.2 Å². The molecule has 0 aliphatic carbocycles. The highest BCUT2D eigenvalue weighted by Gasteiger charge is 2.53. The van der Waals surface area contributed by atoms with Gasteiger partial charge in [-0.15, -0.1) is 0 Å². The SMILES string of the molecule is COc1cccc2c1OC1(CCN(Cc3ccc(F)cn3)CC1)[C@H]1CCCO[C@H]21. The Morgan fingerprint density at radius 2 is 2.10 bits per heavy atom. The lowest BCUT2D eigenvalue weighted by molar-refractivity contribution is -0.150. The molecule has 0 unspecified atom stereocenters. The number of methoxy groups -OCH3 is 1. The van der Waals surface area contributed by atoms with Crippen molar-refractivity contribution in [1.82, 2.24) is 9.88 Å². The van der Waals surface area contributed by atoms with Gasteiger partial charge in [-0.25, -0.2) is 4.39 Å². The normalized spacial score (nSPS) is 25.7. The van der Waals surface area contributed by atoms with Crippen LogP contribution in [0.4, 0.5) is 4.39 Å². The second-order valence-corrected chi connectivity index (χ2v) is 8.33. The molecular formula is C23H27FN2O3. The van der Waals surface area contributed by atoms with E-state index in [-0.39, 0.29) is 17.5 Å². The number of nitrogens with zero attached hydrogens (tertiary/aromatic N) is 2. The molecule has 6 heteroatoms. The highest BCUT2D eigenvalue weighted by atomic mass is 19.1. The Hall–Kier alpha value is -2.18. The summed E-state index contributed by atoms with van der Waals surface area (Å²) in [5, 5.41) is 0. The molecule has 2 saturated heterocycles. The molecule has 2 aromatic rings. The van der Waals surface area contributed by atoms with Crippen molar-refractivity contribution >= 4 is 0 Å². The van der Waals surface area contributed by atoms with Gasteiger partial charge >= 0.3 is 0 Å². The van der Waals surface area contributed by atoms with Gasteiger partial charge in [-0.1, -0.05) is 12.1 Å². The quantitative estimate of drug-likeness (QED) is 0.778. The number of hydrogen-bond donors (Lipinski definition) is 0. The second-order valence-electron chi connectivity index (χ2n) is 8.33. The molecular weight excluding hydrogens is 371 g/mol. The summed E-state index contributed by atoms with van der Waals surface area (Å²) in [6.45, 7) is 3.39. The van der Waals surface area contributed by atoms with E-state index < -0.39 is 0 Å². The van der Waals surface area contributed by atoms with Crippen LogP contribution >= 0.6 is 0 Å². The highest BCUT2D eigenvalue weighted by Crippen LogP contribution is 2.55. The third-order valence-corrected chi connectivity index (χ3v) is 6.72. The zero-order valence-corrected chi connectivity index (χ0v) is 16.8. The van der Waals surface area contributed by atoms with Gasteiger partial charge in [-0.3, -0.25) is 9.88 Å². The van der Waals surface area contributed by atoms with E-state index in [9.17, 15) is 4.39 Å². The molecule has 2 atom stereocenters. The first-order chi connectivity index (χ1) is 14.2. The number of likely N-dealkylation sites (tertiary alicyclic amines) is 1. The molecule has 0 bridgehead atoms. The van der Waals surface area contributed by atoms with Crippen molar-refractivity contribution in [3.63, 3.8) is 0 Å². The number of halogens is 1. The van der Waals surface area contributed by atoms with Crippen molar-refractivity contribution < 1.29 is 18.6 Å². The Morgan fingerprint density at radius 1 is 1.24 bits per heavy atom. The number of piperidine rings is 1. The van der Waals surface area contributed by atoms with Crippen molar-refractivity contribution in [3.05, 3.63) is 53.6 Å². The third kappa shape index (κ3) is 3.38. The third-order valence-electron chi connectivity index (χ3n) is 6.72. The van der Waals surface area contributed by atoms with Crippen molar-refractivity contribution in [2.75, 3.05) is 26.8 Å². The monoisotopic (exact) mass is 398 g/mol. The van der Waals surface area contributed by atoms with Crippen LogP contribution in [0.15, 0.2) is 36.5 Å². The number of para-hydroxylation sites is 1. The predicted octanol–water partition coefficient (Wildman–Crippen LogP) is 4.12. The van der Waals surface area contributed by atoms with Crippen LogP contribution in [-0.4, -0.2) is 42.3 Å². The summed E-state index contributed by atoms with van der Waals surface area (Å²) in [7, 11) is 1.69. The maximum Gasteiger partial charge on any atom is 0.167 e. The molecule has 5 nitrogen and oxygen atoms in total. The lowest BCUT2D eigenvalue weighted by atomic mass is 9.70. The number of aromatic nitrogens is 1. The first kappa shape index (κ1) is 18.8. The smallest absolute Gasteiger partial charge is 0.167 e. The van der Waals surface area contributed by atoms with Crippen molar-refractivity contribution in [2.24, 2.45) is 5.92 Å². The zero-order chi connectivity index (χ0) is 19.8. The fourth-order valence-corrected chi connectivity index (χ4v) is 5.22. The Balaban J connectivity index is 1.38. The molecule has 3 aliphatic heterocycles. The summed E-state index contributed by atoms with van der Waals surface area (Å²) in [5.74, 6) is 1.71. The molecule has 1 aromatic carbocycles. The molecule has 0 radical (unpaired) electrons. The van der Waals surface area contributed by atoms with Crippen LogP contribution in [0.25, 0.3) is 0 Å². The van der Waals surface area contributed by atoms with Gasteiger partial charge in [0.15, 0.2) is 11.5 Å². The van der Waals surface area contributed by atoms with E-state index in [1.807, 2.05) is 12.1 Å². The van der Waals surface area contributed by atoms with Crippen molar-refractivity contribution in [3.8, 4) is 11.5 Å². The molecule has 1 spiro atoms. The number of fused-ring (bicyclic) bond motifs is 4. The number of pyridine rings is 1. The molecule has 2 fully saturated rings. The summed E-state index contributed by atoms with van der Waals surface area (Å²) in [4.78, 5) is 6.59. The number of ether oxygens (including phenoxy) is 3. The summed E-state index contributed by atoms with van der Waals surface area (Å²) in [6, 6.07) is 9.34. The Morgan fingerprint density at radius 3 is 2.86 bits per heavy atom. The molecule has 1 aromatic heterocycles. The van der Waals surface area contributed by atoms with Crippen LogP contribution in [0.5, 0.6) is 11.5 Å². The minimum Gasteiger partial charge on any atom is -0.493 e. The van der Waals surface area contributed by atoms with E-state index in [4.69, 9.17) is 14.2 Å². The Bertz CT molecular complexity index is 865. The van der Waals surface area contributed by atoms with Gasteiger partial charge in [0.1, 0.15) is 11.4 Å². The molecule has 154 valence electrons. The zero-order valence-electron chi connectivity index (χ0n) is 16.8. The highest BCUT2D eigenvalue weighted by molar-refractivity contribution is 5.50. The summed E-state index contributed by atoms with van der Waals surface area (Å²) < 4.78 is 31.8. The average Bonchev–Trinajstić information content (AvgIpc) is 2.77. The van der Waals surface area contributed by atoms with Gasteiger partial charge in [0.2, 0.25) is 0 Å². The number of benzene rings is 1. The maximum atomic E-state index is 13.1. The lowest BCUT2D eigenvalue weighted by Gasteiger charge is -2.53.